The zero-order valence-corrected chi connectivity index (χ0v) is 12.4. The fraction of sp³-hybridized carbons (Fsp3) is 0.625. The summed E-state index contributed by atoms with van der Waals surface area (Å²) in [5.41, 5.74) is 7.94. The lowest BCUT2D eigenvalue weighted by Crippen LogP contribution is -2.56. The second-order valence-corrected chi connectivity index (χ2v) is 5.83. The van der Waals surface area contributed by atoms with Crippen molar-refractivity contribution in [1.29, 1.82) is 0 Å². The van der Waals surface area contributed by atoms with E-state index >= 15 is 0 Å². The van der Waals surface area contributed by atoms with Crippen LogP contribution < -0.4 is 10.5 Å². The third-order valence-electron chi connectivity index (χ3n) is 4.68. The van der Waals surface area contributed by atoms with E-state index in [4.69, 9.17) is 10.5 Å². The first-order valence-corrected chi connectivity index (χ1v) is 7.15. The first kappa shape index (κ1) is 14.4. The number of methoxy groups -OCH3 is 1. The van der Waals surface area contributed by atoms with Crippen molar-refractivity contribution in [2.45, 2.75) is 43.7 Å². The van der Waals surface area contributed by atoms with E-state index in [1.807, 2.05) is 12.1 Å². The molecule has 3 heteroatoms. The number of rotatable bonds is 5. The largest absolute Gasteiger partial charge is 0.496 e. The van der Waals surface area contributed by atoms with Gasteiger partial charge in [-0.3, -0.25) is 0 Å². The quantitative estimate of drug-likeness (QED) is 0.886. The predicted molar refractivity (Wildman–Crippen MR) is 79.6 cm³/mol. The third kappa shape index (κ3) is 2.77. The van der Waals surface area contributed by atoms with Gasteiger partial charge in [-0.15, -0.1) is 0 Å². The summed E-state index contributed by atoms with van der Waals surface area (Å²) in [6.45, 7) is 0. The smallest absolute Gasteiger partial charge is 0.122 e. The fourth-order valence-corrected chi connectivity index (χ4v) is 3.44. The zero-order valence-electron chi connectivity index (χ0n) is 12.4. The number of para-hydroxylation sites is 1. The van der Waals surface area contributed by atoms with Gasteiger partial charge in [0, 0.05) is 11.6 Å². The molecule has 2 rings (SSSR count). The molecule has 1 atom stereocenters. The molecule has 0 radical (unpaired) electrons. The number of likely N-dealkylation sites (N-methyl/N-ethyl adjacent to an activating group) is 1. The van der Waals surface area contributed by atoms with Crippen LogP contribution in [-0.4, -0.2) is 37.7 Å². The highest BCUT2D eigenvalue weighted by Crippen LogP contribution is 2.37. The van der Waals surface area contributed by atoms with Crippen molar-refractivity contribution in [2.75, 3.05) is 21.2 Å². The van der Waals surface area contributed by atoms with Crippen LogP contribution in [0.3, 0.4) is 0 Å². The molecule has 0 aromatic heterocycles. The van der Waals surface area contributed by atoms with Crippen LogP contribution >= 0.6 is 0 Å². The van der Waals surface area contributed by atoms with Gasteiger partial charge in [0.25, 0.3) is 0 Å². The minimum absolute atomic E-state index is 0.154. The molecule has 0 aliphatic heterocycles. The Hall–Kier alpha value is -1.06. The number of hydrogen-bond donors (Lipinski definition) is 1. The van der Waals surface area contributed by atoms with Crippen LogP contribution in [0.4, 0.5) is 0 Å². The highest BCUT2D eigenvalue weighted by molar-refractivity contribution is 5.34. The Labute approximate surface area is 116 Å². The zero-order chi connectivity index (χ0) is 13.9. The van der Waals surface area contributed by atoms with Crippen LogP contribution in [-0.2, 0) is 6.42 Å². The van der Waals surface area contributed by atoms with Gasteiger partial charge >= 0.3 is 0 Å². The number of nitrogens with zero attached hydrogens (tertiary/aromatic N) is 1. The van der Waals surface area contributed by atoms with Crippen LogP contribution in [0.1, 0.15) is 31.2 Å². The minimum Gasteiger partial charge on any atom is -0.496 e. The van der Waals surface area contributed by atoms with Crippen molar-refractivity contribution < 1.29 is 4.74 Å². The molecule has 1 aromatic carbocycles. The van der Waals surface area contributed by atoms with Crippen molar-refractivity contribution >= 4 is 0 Å². The Balaban J connectivity index is 2.17. The minimum atomic E-state index is 0.154. The van der Waals surface area contributed by atoms with E-state index in [2.05, 4.69) is 31.1 Å². The second kappa shape index (κ2) is 5.93. The number of ether oxygens (including phenoxy) is 1. The van der Waals surface area contributed by atoms with Gasteiger partial charge in [0.15, 0.2) is 0 Å². The molecule has 3 nitrogen and oxygen atoms in total. The topological polar surface area (TPSA) is 38.5 Å². The van der Waals surface area contributed by atoms with Gasteiger partial charge in [0.2, 0.25) is 0 Å². The molecular weight excluding hydrogens is 236 g/mol. The first-order chi connectivity index (χ1) is 9.10. The number of nitrogens with two attached hydrogens (primary N) is 1. The highest BCUT2D eigenvalue weighted by atomic mass is 16.5. The lowest BCUT2D eigenvalue weighted by molar-refractivity contribution is 0.122. The second-order valence-electron chi connectivity index (χ2n) is 5.83. The molecule has 0 amide bonds. The van der Waals surface area contributed by atoms with E-state index in [0.717, 1.165) is 12.2 Å². The van der Waals surface area contributed by atoms with Crippen molar-refractivity contribution in [3.63, 3.8) is 0 Å². The molecule has 19 heavy (non-hydrogen) atoms. The normalized spacial score (nSPS) is 19.6. The van der Waals surface area contributed by atoms with E-state index in [0.29, 0.717) is 0 Å². The standard InChI is InChI=1S/C16H26N2O/c1-18(2)16(10-6-7-11-16)15(17)12-13-8-4-5-9-14(13)19-3/h4-5,8-9,15H,6-7,10-12,17H2,1-3H3. The van der Waals surface area contributed by atoms with E-state index in [1.165, 1.54) is 31.2 Å². The Kier molecular flexibility index (Phi) is 4.48. The Morgan fingerprint density at radius 2 is 1.89 bits per heavy atom. The van der Waals surface area contributed by atoms with E-state index < -0.39 is 0 Å². The molecular formula is C16H26N2O. The fourth-order valence-electron chi connectivity index (χ4n) is 3.44. The summed E-state index contributed by atoms with van der Waals surface area (Å²) < 4.78 is 5.43. The third-order valence-corrected chi connectivity index (χ3v) is 4.68. The Morgan fingerprint density at radius 1 is 1.26 bits per heavy atom. The highest BCUT2D eigenvalue weighted by Gasteiger charge is 2.41. The van der Waals surface area contributed by atoms with Crippen molar-refractivity contribution in [1.82, 2.24) is 4.90 Å². The summed E-state index contributed by atoms with van der Waals surface area (Å²) in [6.07, 6.45) is 5.87. The molecule has 1 aliphatic carbocycles. The monoisotopic (exact) mass is 262 g/mol. The molecule has 2 N–H and O–H groups in total. The van der Waals surface area contributed by atoms with Crippen LogP contribution in [0.5, 0.6) is 5.75 Å². The van der Waals surface area contributed by atoms with Gasteiger partial charge in [0.1, 0.15) is 5.75 Å². The van der Waals surface area contributed by atoms with Gasteiger partial charge in [-0.1, -0.05) is 31.0 Å². The van der Waals surface area contributed by atoms with Crippen molar-refractivity contribution in [3.05, 3.63) is 29.8 Å². The predicted octanol–water partition coefficient (Wildman–Crippen LogP) is 2.44. The molecule has 0 heterocycles. The number of benzene rings is 1. The summed E-state index contributed by atoms with van der Waals surface area (Å²) in [4.78, 5) is 2.33. The summed E-state index contributed by atoms with van der Waals surface area (Å²) in [5, 5.41) is 0. The molecule has 0 saturated heterocycles. The maximum Gasteiger partial charge on any atom is 0.122 e. The number of hydrogen-bond acceptors (Lipinski definition) is 3. The van der Waals surface area contributed by atoms with Gasteiger partial charge in [0.05, 0.1) is 7.11 Å². The molecule has 1 fully saturated rings. The molecule has 1 aromatic rings. The van der Waals surface area contributed by atoms with Crippen molar-refractivity contribution in [2.24, 2.45) is 5.73 Å². The van der Waals surface area contributed by atoms with Gasteiger partial charge in [-0.25, -0.2) is 0 Å². The van der Waals surface area contributed by atoms with Gasteiger partial charge in [-0.05, 0) is 45.0 Å². The molecule has 0 spiro atoms. The summed E-state index contributed by atoms with van der Waals surface area (Å²) in [7, 11) is 6.04. The summed E-state index contributed by atoms with van der Waals surface area (Å²) >= 11 is 0. The van der Waals surface area contributed by atoms with Crippen LogP contribution in [0.2, 0.25) is 0 Å². The summed E-state index contributed by atoms with van der Waals surface area (Å²) in [5.74, 6) is 0.949. The molecule has 1 unspecified atom stereocenters. The van der Waals surface area contributed by atoms with E-state index in [-0.39, 0.29) is 11.6 Å². The Bertz CT molecular complexity index is 411. The maximum absolute atomic E-state index is 6.57. The van der Waals surface area contributed by atoms with Crippen LogP contribution in [0.25, 0.3) is 0 Å². The lowest BCUT2D eigenvalue weighted by atomic mass is 9.83. The maximum atomic E-state index is 6.57. The molecule has 0 bridgehead atoms. The van der Waals surface area contributed by atoms with Gasteiger partial charge in [-0.2, -0.15) is 0 Å². The summed E-state index contributed by atoms with van der Waals surface area (Å²) in [6, 6.07) is 8.35. The van der Waals surface area contributed by atoms with Crippen LogP contribution in [0, 0.1) is 0 Å². The van der Waals surface area contributed by atoms with Gasteiger partial charge < -0.3 is 15.4 Å². The first-order valence-electron chi connectivity index (χ1n) is 7.15. The molecule has 1 aliphatic rings. The van der Waals surface area contributed by atoms with Crippen LogP contribution in [0.15, 0.2) is 24.3 Å². The van der Waals surface area contributed by atoms with E-state index in [1.54, 1.807) is 7.11 Å². The molecule has 1 saturated carbocycles. The van der Waals surface area contributed by atoms with E-state index in [9.17, 15) is 0 Å². The SMILES string of the molecule is COc1ccccc1CC(N)C1(N(C)C)CCCC1. The lowest BCUT2D eigenvalue weighted by Gasteiger charge is -2.41. The molecule has 106 valence electrons. The van der Waals surface area contributed by atoms with Crippen molar-refractivity contribution in [3.8, 4) is 5.75 Å². The average molecular weight is 262 g/mol. The average Bonchev–Trinajstić information content (AvgIpc) is 2.90. The Morgan fingerprint density at radius 3 is 2.47 bits per heavy atom.